The first kappa shape index (κ1) is 16.4. The molecule has 1 aromatic rings. The molecule has 0 aliphatic heterocycles. The van der Waals surface area contributed by atoms with Crippen molar-refractivity contribution < 1.29 is 17.9 Å². The van der Waals surface area contributed by atoms with E-state index >= 15 is 0 Å². The Labute approximate surface area is 117 Å². The second kappa shape index (κ2) is 6.67. The number of pyridine rings is 1. The van der Waals surface area contributed by atoms with Crippen molar-refractivity contribution in [3.63, 3.8) is 0 Å². The highest BCUT2D eigenvalue weighted by Crippen LogP contribution is 2.11. The Bertz CT molecular complexity index is 600. The van der Waals surface area contributed by atoms with Gasteiger partial charge in [0.05, 0.1) is 12.0 Å². The summed E-state index contributed by atoms with van der Waals surface area (Å²) in [4.78, 5) is 24.7. The predicted molar refractivity (Wildman–Crippen MR) is 72.6 cm³/mol. The largest absolute Gasteiger partial charge is 0.468 e. The van der Waals surface area contributed by atoms with Gasteiger partial charge in [0.15, 0.2) is 0 Å². The molecule has 0 amide bonds. The van der Waals surface area contributed by atoms with Gasteiger partial charge in [0.2, 0.25) is 15.6 Å². The number of carbonyl (C=O) groups excluding carboxylic acids is 1. The number of rotatable bonds is 6. The van der Waals surface area contributed by atoms with Crippen molar-refractivity contribution in [1.82, 2.24) is 9.71 Å². The van der Waals surface area contributed by atoms with Crippen molar-refractivity contribution in [1.29, 1.82) is 0 Å². The van der Waals surface area contributed by atoms with Gasteiger partial charge in [0, 0.05) is 12.3 Å². The van der Waals surface area contributed by atoms with E-state index in [4.69, 9.17) is 0 Å². The maximum atomic E-state index is 12.1. The Hall–Kier alpha value is -1.67. The molecule has 0 aromatic carbocycles. The fraction of sp³-hybridized carbons (Fsp3) is 0.500. The highest BCUT2D eigenvalue weighted by molar-refractivity contribution is 7.89. The Balaban J connectivity index is 2.99. The number of aromatic amines is 1. The molecule has 0 aliphatic carbocycles. The summed E-state index contributed by atoms with van der Waals surface area (Å²) in [5.74, 6) is -0.538. The lowest BCUT2D eigenvalue weighted by molar-refractivity contribution is -0.143. The minimum Gasteiger partial charge on any atom is -0.468 e. The lowest BCUT2D eigenvalue weighted by atomic mass is 10.1. The van der Waals surface area contributed by atoms with Gasteiger partial charge in [0.25, 0.3) is 0 Å². The first-order valence-corrected chi connectivity index (χ1v) is 7.53. The van der Waals surface area contributed by atoms with Gasteiger partial charge in [-0.25, -0.2) is 8.42 Å². The topological polar surface area (TPSA) is 105 Å². The van der Waals surface area contributed by atoms with Crippen LogP contribution in [0.15, 0.2) is 28.0 Å². The smallest absolute Gasteiger partial charge is 0.323 e. The van der Waals surface area contributed by atoms with E-state index in [0.717, 1.165) is 12.3 Å². The highest BCUT2D eigenvalue weighted by atomic mass is 32.2. The Kier molecular flexibility index (Phi) is 5.46. The van der Waals surface area contributed by atoms with Crippen LogP contribution < -0.4 is 10.3 Å². The third kappa shape index (κ3) is 4.46. The van der Waals surface area contributed by atoms with E-state index in [1.54, 1.807) is 0 Å². The summed E-state index contributed by atoms with van der Waals surface area (Å²) in [6.45, 7) is 3.73. The first-order valence-electron chi connectivity index (χ1n) is 6.05. The molecule has 0 fully saturated rings. The molecule has 1 unspecified atom stereocenters. The number of aromatic nitrogens is 1. The third-order valence-electron chi connectivity index (χ3n) is 2.56. The first-order chi connectivity index (χ1) is 9.26. The molecule has 2 N–H and O–H groups in total. The van der Waals surface area contributed by atoms with Crippen LogP contribution in [0.2, 0.25) is 0 Å². The molecule has 1 heterocycles. The maximum Gasteiger partial charge on any atom is 0.323 e. The summed E-state index contributed by atoms with van der Waals surface area (Å²) in [7, 11) is -2.70. The monoisotopic (exact) mass is 302 g/mol. The minimum absolute atomic E-state index is 0.109. The molecule has 8 heteroatoms. The zero-order chi connectivity index (χ0) is 15.3. The van der Waals surface area contributed by atoms with Gasteiger partial charge < -0.3 is 9.72 Å². The minimum atomic E-state index is -3.90. The number of sulfonamides is 1. The van der Waals surface area contributed by atoms with Crippen molar-refractivity contribution in [2.24, 2.45) is 5.92 Å². The molecular formula is C12H18N2O5S. The van der Waals surface area contributed by atoms with Crippen LogP contribution in [-0.4, -0.2) is 32.5 Å². The van der Waals surface area contributed by atoms with E-state index in [0.29, 0.717) is 6.42 Å². The van der Waals surface area contributed by atoms with Crippen molar-refractivity contribution in [2.75, 3.05) is 7.11 Å². The van der Waals surface area contributed by atoms with Gasteiger partial charge >= 0.3 is 5.97 Å². The van der Waals surface area contributed by atoms with E-state index < -0.39 is 27.6 Å². The molecule has 1 rings (SSSR count). The number of hydrogen-bond donors (Lipinski definition) is 2. The molecule has 112 valence electrons. The molecule has 7 nitrogen and oxygen atoms in total. The van der Waals surface area contributed by atoms with Gasteiger partial charge in [-0.1, -0.05) is 13.8 Å². The molecular weight excluding hydrogens is 284 g/mol. The quantitative estimate of drug-likeness (QED) is 0.732. The summed E-state index contributed by atoms with van der Waals surface area (Å²) < 4.78 is 31.1. The number of methoxy groups -OCH3 is 1. The predicted octanol–water partition coefficient (Wildman–Crippen LogP) is 0.241. The molecule has 0 aliphatic rings. The number of ether oxygens (including phenoxy) is 1. The lowest BCUT2D eigenvalue weighted by Crippen LogP contribution is -2.42. The SMILES string of the molecule is COC(=O)C(CC(C)C)NS(=O)(=O)c1ccc(=O)[nH]c1. The lowest BCUT2D eigenvalue weighted by Gasteiger charge is -2.18. The molecule has 0 radical (unpaired) electrons. The average Bonchev–Trinajstić information content (AvgIpc) is 2.36. The molecule has 20 heavy (non-hydrogen) atoms. The zero-order valence-corrected chi connectivity index (χ0v) is 12.4. The summed E-state index contributed by atoms with van der Waals surface area (Å²) in [5.41, 5.74) is -0.407. The Morgan fingerprint density at radius 3 is 2.50 bits per heavy atom. The van der Waals surface area contributed by atoms with Crippen LogP contribution in [0.1, 0.15) is 20.3 Å². The summed E-state index contributed by atoms with van der Waals surface area (Å²) in [6.07, 6.45) is 1.39. The van der Waals surface area contributed by atoms with E-state index in [2.05, 4.69) is 14.4 Å². The molecule has 0 saturated carbocycles. The van der Waals surface area contributed by atoms with Gasteiger partial charge in [-0.2, -0.15) is 4.72 Å². The average molecular weight is 302 g/mol. The Morgan fingerprint density at radius 2 is 2.05 bits per heavy atom. The molecule has 0 bridgehead atoms. The van der Waals surface area contributed by atoms with Crippen LogP contribution in [0.5, 0.6) is 0 Å². The van der Waals surface area contributed by atoms with Crippen LogP contribution in [0.4, 0.5) is 0 Å². The maximum absolute atomic E-state index is 12.1. The molecule has 0 spiro atoms. The van der Waals surface area contributed by atoms with Crippen molar-refractivity contribution >= 4 is 16.0 Å². The van der Waals surface area contributed by atoms with Gasteiger partial charge in [0.1, 0.15) is 6.04 Å². The summed E-state index contributed by atoms with van der Waals surface area (Å²) >= 11 is 0. The number of H-pyrrole nitrogens is 1. The van der Waals surface area contributed by atoms with Crippen molar-refractivity contribution in [3.05, 3.63) is 28.7 Å². The van der Waals surface area contributed by atoms with Crippen LogP contribution in [0.25, 0.3) is 0 Å². The number of esters is 1. The fourth-order valence-electron chi connectivity index (χ4n) is 1.62. The van der Waals surface area contributed by atoms with E-state index in [1.807, 2.05) is 13.8 Å². The van der Waals surface area contributed by atoms with Crippen LogP contribution in [0.3, 0.4) is 0 Å². The van der Waals surface area contributed by atoms with Crippen LogP contribution in [0, 0.1) is 5.92 Å². The molecule has 0 saturated heterocycles. The number of hydrogen-bond acceptors (Lipinski definition) is 5. The van der Waals surface area contributed by atoms with E-state index in [1.165, 1.54) is 13.2 Å². The second-order valence-electron chi connectivity index (χ2n) is 4.72. The number of carbonyl (C=O) groups is 1. The third-order valence-corrected chi connectivity index (χ3v) is 4.03. The second-order valence-corrected chi connectivity index (χ2v) is 6.43. The summed E-state index contributed by atoms with van der Waals surface area (Å²) in [6, 6.07) is 1.31. The Morgan fingerprint density at radius 1 is 1.40 bits per heavy atom. The van der Waals surface area contributed by atoms with Crippen LogP contribution in [-0.2, 0) is 19.6 Å². The standard InChI is InChI=1S/C12H18N2O5S/c1-8(2)6-10(12(16)19-3)14-20(17,18)9-4-5-11(15)13-7-9/h4-5,7-8,10,14H,6H2,1-3H3,(H,13,15). The normalized spacial score (nSPS) is 13.2. The van der Waals surface area contributed by atoms with Gasteiger partial charge in [-0.3, -0.25) is 9.59 Å². The number of nitrogens with one attached hydrogen (secondary N) is 2. The van der Waals surface area contributed by atoms with Crippen LogP contribution >= 0.6 is 0 Å². The van der Waals surface area contributed by atoms with Crippen molar-refractivity contribution in [3.8, 4) is 0 Å². The highest BCUT2D eigenvalue weighted by Gasteiger charge is 2.27. The molecule has 1 atom stereocenters. The van der Waals surface area contributed by atoms with Crippen molar-refractivity contribution in [2.45, 2.75) is 31.2 Å². The zero-order valence-electron chi connectivity index (χ0n) is 11.5. The molecule has 1 aromatic heterocycles. The fourth-order valence-corrected chi connectivity index (χ4v) is 2.79. The van der Waals surface area contributed by atoms with E-state index in [-0.39, 0.29) is 10.8 Å². The summed E-state index contributed by atoms with van der Waals surface area (Å²) in [5, 5.41) is 0. The van der Waals surface area contributed by atoms with Gasteiger partial charge in [-0.05, 0) is 18.4 Å². The van der Waals surface area contributed by atoms with Gasteiger partial charge in [-0.15, -0.1) is 0 Å². The van der Waals surface area contributed by atoms with E-state index in [9.17, 15) is 18.0 Å².